The molecule has 1 spiro atoms. The van der Waals surface area contributed by atoms with Crippen molar-refractivity contribution in [1.82, 2.24) is 0 Å². The largest absolute Gasteiger partial charge is 0.462 e. The first-order chi connectivity index (χ1) is 19.6. The number of anilines is 3. The van der Waals surface area contributed by atoms with Crippen LogP contribution in [0.1, 0.15) is 38.2 Å². The highest BCUT2D eigenvalue weighted by atomic mass is 19.1. The van der Waals surface area contributed by atoms with Gasteiger partial charge in [0.05, 0.1) is 29.0 Å². The summed E-state index contributed by atoms with van der Waals surface area (Å²) in [7, 11) is 0. The number of nitrogens with zero attached hydrogens (tertiary/aromatic N) is 1. The van der Waals surface area contributed by atoms with E-state index in [1.165, 1.54) is 24.3 Å². The molecule has 3 aliphatic rings. The van der Waals surface area contributed by atoms with Crippen molar-refractivity contribution in [2.24, 2.45) is 0 Å². The standard InChI is InChI=1S/C34H21F2NO3/c35-21-10-13-29-27(17-21)34(25-5-1-3-7-31(25)40-32-8-4-2-6-26(32)34)28-18-22(36)11-14-30(28)37(29)23-12-9-20-15-16-39-33(38)24(20)19-23/h1-14,17-19H,15-16H2. The van der Waals surface area contributed by atoms with Crippen molar-refractivity contribution in [2.45, 2.75) is 11.8 Å². The van der Waals surface area contributed by atoms with Gasteiger partial charge in [-0.25, -0.2) is 13.6 Å². The third-order valence-corrected chi connectivity index (χ3v) is 8.19. The van der Waals surface area contributed by atoms with Crippen LogP contribution in [0.4, 0.5) is 25.8 Å². The Morgan fingerprint density at radius 1 is 0.675 bits per heavy atom. The van der Waals surface area contributed by atoms with Gasteiger partial charge in [0.15, 0.2) is 0 Å². The minimum atomic E-state index is -1.07. The van der Waals surface area contributed by atoms with E-state index in [4.69, 9.17) is 9.47 Å². The van der Waals surface area contributed by atoms with Gasteiger partial charge in [0.1, 0.15) is 23.1 Å². The molecule has 194 valence electrons. The number of benzene rings is 5. The molecule has 0 amide bonds. The highest BCUT2D eigenvalue weighted by Gasteiger charge is 2.51. The number of hydrogen-bond acceptors (Lipinski definition) is 4. The average molecular weight is 530 g/mol. The number of fused-ring (bicyclic) bond motifs is 9. The van der Waals surface area contributed by atoms with Crippen molar-refractivity contribution in [3.05, 3.63) is 148 Å². The Kier molecular flexibility index (Phi) is 4.74. The molecular weight excluding hydrogens is 508 g/mol. The third kappa shape index (κ3) is 3.01. The van der Waals surface area contributed by atoms with Gasteiger partial charge in [-0.1, -0.05) is 42.5 Å². The van der Waals surface area contributed by atoms with E-state index in [-0.39, 0.29) is 5.97 Å². The van der Waals surface area contributed by atoms with E-state index in [9.17, 15) is 4.79 Å². The number of cyclic esters (lactones) is 1. The summed E-state index contributed by atoms with van der Waals surface area (Å²) in [5.74, 6) is 0.0533. The normalized spacial score (nSPS) is 15.7. The molecule has 0 fully saturated rings. The molecule has 0 radical (unpaired) electrons. The topological polar surface area (TPSA) is 38.8 Å². The first-order valence-electron chi connectivity index (χ1n) is 13.1. The van der Waals surface area contributed by atoms with Crippen molar-refractivity contribution >= 4 is 23.0 Å². The van der Waals surface area contributed by atoms with E-state index in [2.05, 4.69) is 0 Å². The van der Waals surface area contributed by atoms with Gasteiger partial charge in [-0.05, 0) is 77.4 Å². The number of carbonyl (C=O) groups is 1. The quantitative estimate of drug-likeness (QED) is 0.202. The van der Waals surface area contributed by atoms with Crippen molar-refractivity contribution in [3.8, 4) is 11.5 Å². The number of para-hydroxylation sites is 2. The molecule has 40 heavy (non-hydrogen) atoms. The second-order valence-electron chi connectivity index (χ2n) is 10.2. The Labute approximate surface area is 229 Å². The van der Waals surface area contributed by atoms with Crippen LogP contribution in [0.3, 0.4) is 0 Å². The van der Waals surface area contributed by atoms with Gasteiger partial charge in [0.2, 0.25) is 0 Å². The summed E-state index contributed by atoms with van der Waals surface area (Å²) in [6.07, 6.45) is 0.641. The monoisotopic (exact) mass is 529 g/mol. The van der Waals surface area contributed by atoms with E-state index in [0.29, 0.717) is 46.9 Å². The maximum Gasteiger partial charge on any atom is 0.338 e. The van der Waals surface area contributed by atoms with Crippen molar-refractivity contribution in [2.75, 3.05) is 11.5 Å². The van der Waals surface area contributed by atoms with Crippen LogP contribution >= 0.6 is 0 Å². The zero-order valence-corrected chi connectivity index (χ0v) is 21.2. The molecule has 3 heterocycles. The van der Waals surface area contributed by atoms with Gasteiger partial charge in [0, 0.05) is 23.2 Å². The summed E-state index contributed by atoms with van der Waals surface area (Å²) >= 11 is 0. The van der Waals surface area contributed by atoms with Gasteiger partial charge in [0.25, 0.3) is 0 Å². The van der Waals surface area contributed by atoms with E-state index in [1.54, 1.807) is 18.2 Å². The number of carbonyl (C=O) groups excluding carboxylic acids is 1. The molecule has 0 unspecified atom stereocenters. The SMILES string of the molecule is O=C1OCCc2ccc(N3c4ccc(F)cc4C4(c5ccccc5Oc5ccccc54)c4cc(F)ccc43)cc21. The van der Waals surface area contributed by atoms with Crippen LogP contribution in [0.5, 0.6) is 11.5 Å². The zero-order valence-electron chi connectivity index (χ0n) is 21.2. The molecule has 3 aliphatic heterocycles. The van der Waals surface area contributed by atoms with Crippen LogP contribution in [0.25, 0.3) is 0 Å². The molecule has 0 aliphatic carbocycles. The smallest absolute Gasteiger partial charge is 0.338 e. The molecule has 4 nitrogen and oxygen atoms in total. The molecule has 0 aromatic heterocycles. The lowest BCUT2D eigenvalue weighted by Gasteiger charge is -2.48. The Bertz CT molecular complexity index is 1780. The second-order valence-corrected chi connectivity index (χ2v) is 10.2. The highest BCUT2D eigenvalue weighted by Crippen LogP contribution is 2.62. The van der Waals surface area contributed by atoms with Gasteiger partial charge in [-0.2, -0.15) is 0 Å². The van der Waals surface area contributed by atoms with Gasteiger partial charge < -0.3 is 14.4 Å². The summed E-state index contributed by atoms with van der Waals surface area (Å²) < 4.78 is 42.2. The van der Waals surface area contributed by atoms with Crippen molar-refractivity contribution in [3.63, 3.8) is 0 Å². The first kappa shape index (κ1) is 23.0. The minimum Gasteiger partial charge on any atom is -0.462 e. The number of halogens is 2. The molecule has 0 N–H and O–H groups in total. The Morgan fingerprint density at radius 2 is 1.27 bits per heavy atom. The third-order valence-electron chi connectivity index (χ3n) is 8.19. The lowest BCUT2D eigenvalue weighted by molar-refractivity contribution is 0.0480. The summed E-state index contributed by atoms with van der Waals surface area (Å²) in [6, 6.07) is 30.4. The van der Waals surface area contributed by atoms with E-state index < -0.39 is 17.0 Å². The van der Waals surface area contributed by atoms with Crippen LogP contribution < -0.4 is 9.64 Å². The Hall–Kier alpha value is -4.97. The summed E-state index contributed by atoms with van der Waals surface area (Å²) in [5.41, 5.74) is 5.36. The first-order valence-corrected chi connectivity index (χ1v) is 13.1. The van der Waals surface area contributed by atoms with Crippen LogP contribution in [0.2, 0.25) is 0 Å². The van der Waals surface area contributed by atoms with Gasteiger partial charge in [-0.15, -0.1) is 0 Å². The molecule has 0 atom stereocenters. The van der Waals surface area contributed by atoms with Crippen LogP contribution in [0.15, 0.2) is 103 Å². The molecule has 6 heteroatoms. The molecule has 0 saturated carbocycles. The predicted octanol–water partition coefficient (Wildman–Crippen LogP) is 7.95. The fourth-order valence-electron chi connectivity index (χ4n) is 6.58. The number of ether oxygens (including phenoxy) is 2. The van der Waals surface area contributed by atoms with E-state index in [0.717, 1.165) is 28.1 Å². The minimum absolute atomic E-state index is 0.350. The number of esters is 1. The summed E-state index contributed by atoms with van der Waals surface area (Å²) in [4.78, 5) is 14.6. The number of rotatable bonds is 1. The molecule has 0 saturated heterocycles. The van der Waals surface area contributed by atoms with Gasteiger partial charge in [-0.3, -0.25) is 0 Å². The molecule has 5 aromatic carbocycles. The van der Waals surface area contributed by atoms with E-state index >= 15 is 8.78 Å². The Balaban J connectivity index is 1.51. The summed E-state index contributed by atoms with van der Waals surface area (Å²) in [6.45, 7) is 0.350. The van der Waals surface area contributed by atoms with Crippen molar-refractivity contribution in [1.29, 1.82) is 0 Å². The maximum absolute atomic E-state index is 15.3. The molecule has 8 rings (SSSR count). The van der Waals surface area contributed by atoms with Gasteiger partial charge >= 0.3 is 5.97 Å². The van der Waals surface area contributed by atoms with E-state index in [1.807, 2.05) is 65.6 Å². The zero-order chi connectivity index (χ0) is 27.0. The lowest BCUT2D eigenvalue weighted by Crippen LogP contribution is -2.40. The average Bonchev–Trinajstić information content (AvgIpc) is 2.97. The molecule has 5 aromatic rings. The second kappa shape index (κ2) is 8.26. The Morgan fingerprint density at radius 3 is 1.90 bits per heavy atom. The fourth-order valence-corrected chi connectivity index (χ4v) is 6.58. The van der Waals surface area contributed by atoms with Crippen LogP contribution in [-0.4, -0.2) is 12.6 Å². The fraction of sp³-hybridized carbons (Fsp3) is 0.0882. The summed E-state index contributed by atoms with van der Waals surface area (Å²) in [5, 5.41) is 0. The van der Waals surface area contributed by atoms with Crippen LogP contribution in [-0.2, 0) is 16.6 Å². The predicted molar refractivity (Wildman–Crippen MR) is 147 cm³/mol. The van der Waals surface area contributed by atoms with Crippen LogP contribution in [0, 0.1) is 11.6 Å². The van der Waals surface area contributed by atoms with Crippen molar-refractivity contribution < 1.29 is 23.0 Å². The molecular formula is C34H21F2NO3. The maximum atomic E-state index is 15.3. The molecule has 0 bridgehead atoms. The lowest BCUT2D eigenvalue weighted by atomic mass is 9.61. The highest BCUT2D eigenvalue weighted by molar-refractivity contribution is 5.96. The number of hydrogen-bond donors (Lipinski definition) is 0.